The van der Waals surface area contributed by atoms with E-state index in [1.165, 1.54) is 29.3 Å². The molecular weight excluding hydrogens is 472 g/mol. The van der Waals surface area contributed by atoms with E-state index >= 15 is 0 Å². The van der Waals surface area contributed by atoms with Gasteiger partial charge in [-0.3, -0.25) is 4.72 Å². The lowest BCUT2D eigenvalue weighted by Gasteiger charge is -2.14. The molecular formula is C18H15BrN8O2S. The summed E-state index contributed by atoms with van der Waals surface area (Å²) in [6, 6.07) is 16.0. The van der Waals surface area contributed by atoms with Crippen LogP contribution in [-0.4, -0.2) is 38.6 Å². The van der Waals surface area contributed by atoms with Gasteiger partial charge in [0.25, 0.3) is 16.0 Å². The van der Waals surface area contributed by atoms with Gasteiger partial charge >= 0.3 is 0 Å². The molecule has 0 spiro atoms. The highest BCUT2D eigenvalue weighted by molar-refractivity contribution is 9.10. The molecule has 0 fully saturated rings. The zero-order valence-electron chi connectivity index (χ0n) is 15.3. The molecule has 0 aliphatic carbocycles. The summed E-state index contributed by atoms with van der Waals surface area (Å²) in [5.41, 5.74) is 1.20. The Labute approximate surface area is 180 Å². The van der Waals surface area contributed by atoms with Gasteiger partial charge in [-0.15, -0.1) is 5.10 Å². The molecule has 2 aromatic carbocycles. The number of halogens is 1. The van der Waals surface area contributed by atoms with Crippen LogP contribution in [0, 0.1) is 0 Å². The fourth-order valence-electron chi connectivity index (χ4n) is 2.54. The summed E-state index contributed by atoms with van der Waals surface area (Å²) in [6.45, 7) is 0.430. The van der Waals surface area contributed by atoms with E-state index in [4.69, 9.17) is 0 Å². The molecule has 0 radical (unpaired) electrons. The van der Waals surface area contributed by atoms with Crippen LogP contribution in [0.5, 0.6) is 0 Å². The molecule has 12 heteroatoms. The van der Waals surface area contributed by atoms with E-state index in [9.17, 15) is 8.42 Å². The van der Waals surface area contributed by atoms with Crippen molar-refractivity contribution in [3.63, 3.8) is 0 Å². The van der Waals surface area contributed by atoms with Crippen LogP contribution >= 0.6 is 15.9 Å². The third kappa shape index (κ3) is 4.60. The molecule has 0 aliphatic heterocycles. The SMILES string of the molecule is O=S(=O)(Nc1cnc(-n2cnnn2)nc1NCc1ccccc1)c1ccc(Br)cc1. The molecule has 0 amide bonds. The average molecular weight is 487 g/mol. The summed E-state index contributed by atoms with van der Waals surface area (Å²) in [5, 5.41) is 14.0. The van der Waals surface area contributed by atoms with Crippen LogP contribution in [0.4, 0.5) is 11.5 Å². The predicted molar refractivity (Wildman–Crippen MR) is 113 cm³/mol. The maximum absolute atomic E-state index is 12.8. The van der Waals surface area contributed by atoms with Gasteiger partial charge in [-0.05, 0) is 40.3 Å². The first-order valence-electron chi connectivity index (χ1n) is 8.68. The van der Waals surface area contributed by atoms with Gasteiger partial charge in [0.2, 0.25) is 0 Å². The summed E-state index contributed by atoms with van der Waals surface area (Å²) in [7, 11) is -3.84. The second-order valence-corrected chi connectivity index (χ2v) is 8.68. The molecule has 30 heavy (non-hydrogen) atoms. The van der Waals surface area contributed by atoms with Crippen LogP contribution in [0.3, 0.4) is 0 Å². The van der Waals surface area contributed by atoms with Crippen LogP contribution < -0.4 is 10.0 Å². The third-order valence-electron chi connectivity index (χ3n) is 4.00. The summed E-state index contributed by atoms with van der Waals surface area (Å²) >= 11 is 3.30. The molecule has 152 valence electrons. The smallest absolute Gasteiger partial charge is 0.262 e. The summed E-state index contributed by atoms with van der Waals surface area (Å²) < 4.78 is 30.2. The van der Waals surface area contributed by atoms with Crippen molar-refractivity contribution in [3.05, 3.63) is 77.2 Å². The van der Waals surface area contributed by atoms with Crippen LogP contribution in [-0.2, 0) is 16.6 Å². The van der Waals surface area contributed by atoms with Crippen molar-refractivity contribution in [2.45, 2.75) is 11.4 Å². The maximum Gasteiger partial charge on any atom is 0.262 e. The highest BCUT2D eigenvalue weighted by atomic mass is 79.9. The van der Waals surface area contributed by atoms with Crippen LogP contribution in [0.15, 0.2) is 76.5 Å². The van der Waals surface area contributed by atoms with Crippen LogP contribution in [0.25, 0.3) is 5.95 Å². The second-order valence-electron chi connectivity index (χ2n) is 6.09. The van der Waals surface area contributed by atoms with Crippen molar-refractivity contribution in [2.75, 3.05) is 10.0 Å². The molecule has 0 saturated carbocycles. The number of hydrogen-bond acceptors (Lipinski definition) is 8. The number of rotatable bonds is 7. The first-order valence-corrected chi connectivity index (χ1v) is 11.0. The Kier molecular flexibility index (Phi) is 5.68. The summed E-state index contributed by atoms with van der Waals surface area (Å²) in [4.78, 5) is 8.66. The zero-order chi connectivity index (χ0) is 21.0. The van der Waals surface area contributed by atoms with E-state index in [-0.39, 0.29) is 16.5 Å². The fraction of sp³-hybridized carbons (Fsp3) is 0.0556. The van der Waals surface area contributed by atoms with Crippen molar-refractivity contribution in [1.82, 2.24) is 30.2 Å². The molecule has 2 aromatic heterocycles. The third-order valence-corrected chi connectivity index (χ3v) is 5.91. The minimum absolute atomic E-state index is 0.115. The first-order chi connectivity index (χ1) is 14.5. The predicted octanol–water partition coefficient (Wildman–Crippen LogP) is 2.63. The minimum Gasteiger partial charge on any atom is -0.364 e. The fourth-order valence-corrected chi connectivity index (χ4v) is 3.86. The summed E-state index contributed by atoms with van der Waals surface area (Å²) in [6.07, 6.45) is 2.72. The Morgan fingerprint density at radius 1 is 1.03 bits per heavy atom. The van der Waals surface area contributed by atoms with Gasteiger partial charge in [0.05, 0.1) is 11.1 Å². The Bertz CT molecular complexity index is 1230. The quantitative estimate of drug-likeness (QED) is 0.407. The zero-order valence-corrected chi connectivity index (χ0v) is 17.7. The van der Waals surface area contributed by atoms with Crippen molar-refractivity contribution in [2.24, 2.45) is 0 Å². The van der Waals surface area contributed by atoms with E-state index < -0.39 is 10.0 Å². The van der Waals surface area contributed by atoms with E-state index in [0.717, 1.165) is 10.0 Å². The van der Waals surface area contributed by atoms with Gasteiger partial charge in [0.15, 0.2) is 5.82 Å². The molecule has 0 aliphatic rings. The maximum atomic E-state index is 12.8. The number of nitrogens with one attached hydrogen (secondary N) is 2. The lowest BCUT2D eigenvalue weighted by Crippen LogP contribution is -2.16. The number of hydrogen-bond donors (Lipinski definition) is 2. The van der Waals surface area contributed by atoms with Gasteiger partial charge < -0.3 is 5.32 Å². The molecule has 0 unspecified atom stereocenters. The number of anilines is 2. The molecule has 2 heterocycles. The van der Waals surface area contributed by atoms with E-state index in [0.29, 0.717) is 12.4 Å². The largest absolute Gasteiger partial charge is 0.364 e. The van der Waals surface area contributed by atoms with Gasteiger partial charge in [0, 0.05) is 11.0 Å². The van der Waals surface area contributed by atoms with Crippen molar-refractivity contribution < 1.29 is 8.42 Å². The number of aromatic nitrogens is 6. The average Bonchev–Trinajstić information content (AvgIpc) is 3.29. The van der Waals surface area contributed by atoms with Gasteiger partial charge in [-0.2, -0.15) is 9.67 Å². The lowest BCUT2D eigenvalue weighted by atomic mass is 10.2. The summed E-state index contributed by atoms with van der Waals surface area (Å²) in [5.74, 6) is 0.488. The monoisotopic (exact) mass is 486 g/mol. The van der Waals surface area contributed by atoms with E-state index in [2.05, 4.69) is 51.5 Å². The van der Waals surface area contributed by atoms with E-state index in [1.807, 2.05) is 30.3 Å². The topological polar surface area (TPSA) is 128 Å². The first kappa shape index (κ1) is 19.9. The molecule has 2 N–H and O–H groups in total. The molecule has 4 aromatic rings. The molecule has 0 saturated heterocycles. The van der Waals surface area contributed by atoms with Gasteiger partial charge in [-0.1, -0.05) is 46.3 Å². The number of nitrogens with zero attached hydrogens (tertiary/aromatic N) is 6. The number of tetrazole rings is 1. The van der Waals surface area contributed by atoms with Crippen molar-refractivity contribution in [3.8, 4) is 5.95 Å². The van der Waals surface area contributed by atoms with Crippen LogP contribution in [0.2, 0.25) is 0 Å². The van der Waals surface area contributed by atoms with Gasteiger partial charge in [-0.25, -0.2) is 13.4 Å². The Morgan fingerprint density at radius 2 is 1.80 bits per heavy atom. The Morgan fingerprint density at radius 3 is 2.50 bits per heavy atom. The van der Waals surface area contributed by atoms with Gasteiger partial charge in [0.1, 0.15) is 12.0 Å². The Balaban J connectivity index is 1.66. The second kappa shape index (κ2) is 8.55. The number of benzene rings is 2. The number of sulfonamides is 1. The minimum atomic E-state index is -3.84. The van der Waals surface area contributed by atoms with Crippen molar-refractivity contribution in [1.29, 1.82) is 0 Å². The molecule has 0 bridgehead atoms. The highest BCUT2D eigenvalue weighted by Crippen LogP contribution is 2.24. The highest BCUT2D eigenvalue weighted by Gasteiger charge is 2.18. The normalized spacial score (nSPS) is 11.2. The Hall–Kier alpha value is -3.38. The van der Waals surface area contributed by atoms with Crippen LogP contribution in [0.1, 0.15) is 5.56 Å². The van der Waals surface area contributed by atoms with Crippen molar-refractivity contribution >= 4 is 37.5 Å². The van der Waals surface area contributed by atoms with E-state index in [1.54, 1.807) is 12.1 Å². The molecule has 4 rings (SSSR count). The lowest BCUT2D eigenvalue weighted by molar-refractivity contribution is 0.601. The standard InChI is InChI=1S/C18H15BrN8O2S/c19-14-6-8-15(9-7-14)30(28,29)24-16-11-21-18(27-12-22-25-26-27)23-17(16)20-10-13-4-2-1-3-5-13/h1-9,11-12,24H,10H2,(H,20,21,23). The molecule has 0 atom stereocenters. The molecule has 10 nitrogen and oxygen atoms in total.